The van der Waals surface area contributed by atoms with E-state index >= 15 is 0 Å². The number of piperidine rings is 1. The number of carbonyl (C=O) groups excluding carboxylic acids is 1. The maximum atomic E-state index is 12.5. The summed E-state index contributed by atoms with van der Waals surface area (Å²) in [4.78, 5) is 15.0. The summed E-state index contributed by atoms with van der Waals surface area (Å²) in [6.07, 6.45) is 7.01. The zero-order valence-corrected chi connectivity index (χ0v) is 21.4. The molecule has 184 valence electrons. The maximum absolute atomic E-state index is 12.5. The van der Waals surface area contributed by atoms with Crippen molar-refractivity contribution in [3.05, 3.63) is 81.6 Å². The van der Waals surface area contributed by atoms with E-state index in [9.17, 15) is 4.79 Å². The second-order valence-corrected chi connectivity index (χ2v) is 9.47. The summed E-state index contributed by atoms with van der Waals surface area (Å²) in [7, 11) is 0. The minimum atomic E-state index is -0.253. The zero-order valence-electron chi connectivity index (χ0n) is 19.8. The quantitative estimate of drug-likeness (QED) is 0.353. The van der Waals surface area contributed by atoms with Crippen molar-refractivity contribution in [2.75, 3.05) is 31.6 Å². The summed E-state index contributed by atoms with van der Waals surface area (Å²) in [5.74, 6) is 0.488. The second-order valence-electron chi connectivity index (χ2n) is 8.68. The Bertz CT molecular complexity index is 1170. The first kappa shape index (κ1) is 25.3. The molecule has 35 heavy (non-hydrogen) atoms. The van der Waals surface area contributed by atoms with E-state index in [2.05, 4.69) is 15.3 Å². The highest BCUT2D eigenvalue weighted by Gasteiger charge is 2.12. The van der Waals surface area contributed by atoms with Crippen molar-refractivity contribution in [1.29, 1.82) is 0 Å². The van der Waals surface area contributed by atoms with Crippen LogP contribution in [0.4, 0.5) is 5.69 Å². The summed E-state index contributed by atoms with van der Waals surface area (Å²) >= 11 is 12.5. The van der Waals surface area contributed by atoms with Crippen LogP contribution in [0.15, 0.2) is 54.6 Å². The Morgan fingerprint density at radius 2 is 1.89 bits per heavy atom. The summed E-state index contributed by atoms with van der Waals surface area (Å²) in [5.41, 5.74) is 3.17. The summed E-state index contributed by atoms with van der Waals surface area (Å²) < 4.78 is 7.61. The van der Waals surface area contributed by atoms with Gasteiger partial charge in [0.05, 0.1) is 12.2 Å². The zero-order chi connectivity index (χ0) is 24.6. The molecule has 1 fully saturated rings. The van der Waals surface area contributed by atoms with Crippen molar-refractivity contribution in [2.24, 2.45) is 0 Å². The molecule has 8 heteroatoms. The molecular weight excluding hydrogens is 483 g/mol. The molecule has 0 radical (unpaired) electrons. The van der Waals surface area contributed by atoms with Crippen LogP contribution in [-0.2, 0) is 11.3 Å². The van der Waals surface area contributed by atoms with Gasteiger partial charge >= 0.3 is 0 Å². The van der Waals surface area contributed by atoms with Gasteiger partial charge in [0, 0.05) is 35.0 Å². The molecule has 1 amide bonds. The van der Waals surface area contributed by atoms with E-state index in [1.54, 1.807) is 10.8 Å². The minimum Gasteiger partial charge on any atom is -0.492 e. The standard InChI is InChI=1S/C27H30Cl2N4O2/c1-20-25(27(29)33(31-20)19-21-8-10-22(28)11-9-21)12-13-26(34)30-23-6-5-7-24(18-23)35-17-16-32-14-3-2-4-15-32/h5-13,18H,2-4,14-17,19H2,1H3,(H,30,34)/b13-12+. The molecule has 4 rings (SSSR count). The number of rotatable bonds is 9. The van der Waals surface area contributed by atoms with Crippen LogP contribution in [0.1, 0.15) is 36.1 Å². The smallest absolute Gasteiger partial charge is 0.248 e. The highest BCUT2D eigenvalue weighted by Crippen LogP contribution is 2.23. The molecule has 1 aliphatic heterocycles. The van der Waals surface area contributed by atoms with Crippen LogP contribution in [0.5, 0.6) is 5.75 Å². The van der Waals surface area contributed by atoms with E-state index in [1.165, 1.54) is 25.3 Å². The lowest BCUT2D eigenvalue weighted by atomic mass is 10.1. The maximum Gasteiger partial charge on any atom is 0.248 e. The van der Waals surface area contributed by atoms with Crippen molar-refractivity contribution in [1.82, 2.24) is 14.7 Å². The summed E-state index contributed by atoms with van der Waals surface area (Å²) in [5, 5.41) is 8.56. The average molecular weight is 513 g/mol. The first-order chi connectivity index (χ1) is 17.0. The van der Waals surface area contributed by atoms with Crippen LogP contribution < -0.4 is 10.1 Å². The first-order valence-electron chi connectivity index (χ1n) is 11.9. The van der Waals surface area contributed by atoms with E-state index in [1.807, 2.05) is 55.5 Å². The van der Waals surface area contributed by atoms with Crippen molar-refractivity contribution < 1.29 is 9.53 Å². The number of likely N-dealkylation sites (tertiary alicyclic amines) is 1. The van der Waals surface area contributed by atoms with Crippen molar-refractivity contribution in [2.45, 2.75) is 32.7 Å². The van der Waals surface area contributed by atoms with E-state index in [0.717, 1.165) is 36.6 Å². The number of aryl methyl sites for hydroxylation is 1. The summed E-state index contributed by atoms with van der Waals surface area (Å²) in [6, 6.07) is 15.0. The van der Waals surface area contributed by atoms with E-state index < -0.39 is 0 Å². The molecule has 2 heterocycles. The third kappa shape index (κ3) is 7.34. The summed E-state index contributed by atoms with van der Waals surface area (Å²) in [6.45, 7) is 6.23. The van der Waals surface area contributed by atoms with Gasteiger partial charge in [-0.05, 0) is 68.8 Å². The molecule has 1 N–H and O–H groups in total. The van der Waals surface area contributed by atoms with Crippen LogP contribution in [0.25, 0.3) is 6.08 Å². The van der Waals surface area contributed by atoms with Crippen LogP contribution >= 0.6 is 23.2 Å². The number of carbonyl (C=O) groups is 1. The molecule has 1 aromatic heterocycles. The average Bonchev–Trinajstić information content (AvgIpc) is 3.12. The number of hydrogen-bond acceptors (Lipinski definition) is 4. The van der Waals surface area contributed by atoms with Crippen LogP contribution in [0, 0.1) is 6.92 Å². The van der Waals surface area contributed by atoms with Crippen LogP contribution in [-0.4, -0.2) is 46.8 Å². The third-order valence-corrected chi connectivity index (χ3v) is 6.63. The third-order valence-electron chi connectivity index (χ3n) is 5.98. The molecule has 0 aliphatic carbocycles. The Labute approximate surface area is 216 Å². The van der Waals surface area contributed by atoms with Gasteiger partial charge < -0.3 is 10.1 Å². The Kier molecular flexibility index (Phi) is 8.85. The lowest BCUT2D eigenvalue weighted by Crippen LogP contribution is -2.33. The monoisotopic (exact) mass is 512 g/mol. The number of benzene rings is 2. The van der Waals surface area contributed by atoms with Gasteiger partial charge in [0.2, 0.25) is 5.91 Å². The van der Waals surface area contributed by atoms with Gasteiger partial charge in [0.15, 0.2) is 0 Å². The Morgan fingerprint density at radius 3 is 2.66 bits per heavy atom. The number of nitrogens with one attached hydrogen (secondary N) is 1. The van der Waals surface area contributed by atoms with Gasteiger partial charge in [-0.15, -0.1) is 0 Å². The molecule has 3 aromatic rings. The van der Waals surface area contributed by atoms with Crippen molar-refractivity contribution >= 4 is 40.9 Å². The Balaban J connectivity index is 1.32. The van der Waals surface area contributed by atoms with Gasteiger partial charge in [0.1, 0.15) is 17.5 Å². The van der Waals surface area contributed by atoms with E-state index in [-0.39, 0.29) is 5.91 Å². The molecule has 1 aliphatic rings. The number of hydrogen-bond donors (Lipinski definition) is 1. The molecule has 0 bridgehead atoms. The van der Waals surface area contributed by atoms with Gasteiger partial charge in [-0.3, -0.25) is 9.69 Å². The normalized spacial score (nSPS) is 14.4. The fourth-order valence-corrected chi connectivity index (χ4v) is 4.53. The van der Waals surface area contributed by atoms with E-state index in [0.29, 0.717) is 34.6 Å². The number of anilines is 1. The molecule has 0 saturated carbocycles. The molecule has 0 spiro atoms. The Hall–Kier alpha value is -2.80. The lowest BCUT2D eigenvalue weighted by molar-refractivity contribution is -0.111. The highest BCUT2D eigenvalue weighted by atomic mass is 35.5. The lowest BCUT2D eigenvalue weighted by Gasteiger charge is -2.26. The van der Waals surface area contributed by atoms with Gasteiger partial charge in [-0.2, -0.15) is 5.10 Å². The molecular formula is C27H30Cl2N4O2. The predicted molar refractivity (Wildman–Crippen MR) is 142 cm³/mol. The number of amides is 1. The largest absolute Gasteiger partial charge is 0.492 e. The molecule has 0 unspecified atom stereocenters. The highest BCUT2D eigenvalue weighted by molar-refractivity contribution is 6.31. The minimum absolute atomic E-state index is 0.253. The molecule has 6 nitrogen and oxygen atoms in total. The SMILES string of the molecule is Cc1nn(Cc2ccc(Cl)cc2)c(Cl)c1/C=C/C(=O)Nc1cccc(OCCN2CCCCC2)c1. The number of nitrogens with zero attached hydrogens (tertiary/aromatic N) is 3. The first-order valence-corrected chi connectivity index (χ1v) is 12.6. The topological polar surface area (TPSA) is 59.4 Å². The predicted octanol–water partition coefficient (Wildman–Crippen LogP) is 6.06. The van der Waals surface area contributed by atoms with E-state index in [4.69, 9.17) is 27.9 Å². The van der Waals surface area contributed by atoms with Gasteiger partial charge in [0.25, 0.3) is 0 Å². The van der Waals surface area contributed by atoms with Crippen molar-refractivity contribution in [3.8, 4) is 5.75 Å². The number of halogens is 2. The molecule has 2 aromatic carbocycles. The van der Waals surface area contributed by atoms with Gasteiger partial charge in [-0.1, -0.05) is 47.8 Å². The second kappa shape index (κ2) is 12.2. The Morgan fingerprint density at radius 1 is 1.11 bits per heavy atom. The fraction of sp³-hybridized carbons (Fsp3) is 0.333. The number of aromatic nitrogens is 2. The molecule has 1 saturated heterocycles. The van der Waals surface area contributed by atoms with Gasteiger partial charge in [-0.25, -0.2) is 4.68 Å². The fourth-order valence-electron chi connectivity index (χ4n) is 4.11. The number of ether oxygens (including phenoxy) is 1. The van der Waals surface area contributed by atoms with Crippen molar-refractivity contribution in [3.63, 3.8) is 0 Å². The van der Waals surface area contributed by atoms with Crippen LogP contribution in [0.2, 0.25) is 10.2 Å². The molecule has 0 atom stereocenters. The van der Waals surface area contributed by atoms with Crippen LogP contribution in [0.3, 0.4) is 0 Å².